The molecule has 18 heavy (non-hydrogen) atoms. The third-order valence-corrected chi connectivity index (χ3v) is 2.96. The van der Waals surface area contributed by atoms with Crippen molar-refractivity contribution < 1.29 is 4.39 Å². The Morgan fingerprint density at radius 3 is 2.33 bits per heavy atom. The second kappa shape index (κ2) is 6.26. The number of halogens is 1. The van der Waals surface area contributed by atoms with Gasteiger partial charge in [-0.3, -0.25) is 4.98 Å². The highest BCUT2D eigenvalue weighted by Crippen LogP contribution is 2.09. The maximum Gasteiger partial charge on any atom is 0.123 e. The molecule has 94 valence electrons. The first-order valence-corrected chi connectivity index (χ1v) is 6.13. The van der Waals surface area contributed by atoms with Gasteiger partial charge in [-0.05, 0) is 54.7 Å². The van der Waals surface area contributed by atoms with Gasteiger partial charge in [0, 0.05) is 18.4 Å². The number of rotatable bonds is 5. The minimum Gasteiger partial charge on any atom is -0.327 e. The highest BCUT2D eigenvalue weighted by atomic mass is 19.1. The molecule has 0 radical (unpaired) electrons. The molecule has 0 amide bonds. The molecular weight excluding hydrogens is 227 g/mol. The Balaban J connectivity index is 1.82. The number of aromatic nitrogens is 1. The van der Waals surface area contributed by atoms with Crippen LogP contribution in [0.5, 0.6) is 0 Å². The Morgan fingerprint density at radius 2 is 1.67 bits per heavy atom. The van der Waals surface area contributed by atoms with E-state index in [1.54, 1.807) is 24.5 Å². The van der Waals surface area contributed by atoms with Crippen LogP contribution in [0.15, 0.2) is 48.8 Å². The van der Waals surface area contributed by atoms with E-state index in [4.69, 9.17) is 5.73 Å². The van der Waals surface area contributed by atoms with Crippen LogP contribution in [0.1, 0.15) is 17.5 Å². The maximum absolute atomic E-state index is 12.8. The summed E-state index contributed by atoms with van der Waals surface area (Å²) >= 11 is 0. The molecule has 0 saturated carbocycles. The molecule has 2 aromatic rings. The van der Waals surface area contributed by atoms with Gasteiger partial charge in [0.1, 0.15) is 5.82 Å². The van der Waals surface area contributed by atoms with Crippen molar-refractivity contribution in [3.05, 3.63) is 65.7 Å². The minimum absolute atomic E-state index is 0.101. The van der Waals surface area contributed by atoms with Gasteiger partial charge in [0.05, 0.1) is 0 Å². The van der Waals surface area contributed by atoms with E-state index < -0.39 is 0 Å². The average molecular weight is 244 g/mol. The predicted octanol–water partition coefficient (Wildman–Crippen LogP) is 2.72. The maximum atomic E-state index is 12.8. The molecule has 0 aliphatic rings. The fraction of sp³-hybridized carbons (Fsp3) is 0.267. The normalized spacial score (nSPS) is 12.3. The number of hydrogen-bond donors (Lipinski definition) is 1. The van der Waals surface area contributed by atoms with Crippen LogP contribution < -0.4 is 5.73 Å². The fourth-order valence-corrected chi connectivity index (χ4v) is 1.93. The van der Waals surface area contributed by atoms with Crippen LogP contribution in [-0.4, -0.2) is 11.0 Å². The van der Waals surface area contributed by atoms with Crippen LogP contribution in [0.4, 0.5) is 4.39 Å². The third kappa shape index (κ3) is 3.93. The highest BCUT2D eigenvalue weighted by Gasteiger charge is 2.05. The Bertz CT molecular complexity index is 468. The quantitative estimate of drug-likeness (QED) is 0.878. The summed E-state index contributed by atoms with van der Waals surface area (Å²) in [5.74, 6) is -0.205. The first-order valence-electron chi connectivity index (χ1n) is 6.13. The molecule has 0 fully saturated rings. The van der Waals surface area contributed by atoms with Gasteiger partial charge in [-0.25, -0.2) is 4.39 Å². The van der Waals surface area contributed by atoms with Crippen molar-refractivity contribution in [3.63, 3.8) is 0 Å². The van der Waals surface area contributed by atoms with Crippen molar-refractivity contribution in [3.8, 4) is 0 Å². The summed E-state index contributed by atoms with van der Waals surface area (Å²) in [6, 6.07) is 10.7. The molecule has 2 rings (SSSR count). The first-order chi connectivity index (χ1) is 8.74. The van der Waals surface area contributed by atoms with Crippen LogP contribution in [0, 0.1) is 5.82 Å². The number of pyridine rings is 1. The SMILES string of the molecule is NC(CCc1ccncc1)Cc1ccc(F)cc1. The van der Waals surface area contributed by atoms with Crippen molar-refractivity contribution in [2.75, 3.05) is 0 Å². The molecule has 1 unspecified atom stereocenters. The Hall–Kier alpha value is -1.74. The Labute approximate surface area is 107 Å². The zero-order chi connectivity index (χ0) is 12.8. The summed E-state index contributed by atoms with van der Waals surface area (Å²) in [6.45, 7) is 0. The van der Waals surface area contributed by atoms with E-state index in [2.05, 4.69) is 4.98 Å². The Kier molecular flexibility index (Phi) is 4.42. The van der Waals surface area contributed by atoms with Gasteiger partial charge in [0.2, 0.25) is 0 Å². The molecule has 0 spiro atoms. The second-order valence-electron chi connectivity index (χ2n) is 4.48. The number of hydrogen-bond acceptors (Lipinski definition) is 2. The van der Waals surface area contributed by atoms with Crippen LogP contribution in [-0.2, 0) is 12.8 Å². The van der Waals surface area contributed by atoms with Gasteiger partial charge in [-0.2, -0.15) is 0 Å². The van der Waals surface area contributed by atoms with E-state index in [1.165, 1.54) is 17.7 Å². The van der Waals surface area contributed by atoms with Crippen LogP contribution in [0.25, 0.3) is 0 Å². The van der Waals surface area contributed by atoms with Gasteiger partial charge in [-0.1, -0.05) is 12.1 Å². The van der Waals surface area contributed by atoms with Gasteiger partial charge in [0.25, 0.3) is 0 Å². The average Bonchev–Trinajstić information content (AvgIpc) is 2.40. The lowest BCUT2D eigenvalue weighted by molar-refractivity contribution is 0.605. The number of nitrogens with zero attached hydrogens (tertiary/aromatic N) is 1. The fourth-order valence-electron chi connectivity index (χ4n) is 1.93. The molecule has 1 heterocycles. The lowest BCUT2D eigenvalue weighted by atomic mass is 10.0. The van der Waals surface area contributed by atoms with Gasteiger partial charge < -0.3 is 5.73 Å². The van der Waals surface area contributed by atoms with E-state index >= 15 is 0 Å². The third-order valence-electron chi connectivity index (χ3n) is 2.96. The molecule has 0 bridgehead atoms. The van der Waals surface area contributed by atoms with E-state index in [9.17, 15) is 4.39 Å². The lowest BCUT2D eigenvalue weighted by Gasteiger charge is -2.11. The standard InChI is InChI=1S/C15H17FN2/c16-14-4-1-13(2-5-14)11-15(17)6-3-12-7-9-18-10-8-12/h1-2,4-5,7-10,15H,3,6,11,17H2. The lowest BCUT2D eigenvalue weighted by Crippen LogP contribution is -2.23. The Morgan fingerprint density at radius 1 is 1.00 bits per heavy atom. The summed E-state index contributed by atoms with van der Waals surface area (Å²) in [5.41, 5.74) is 8.41. The summed E-state index contributed by atoms with van der Waals surface area (Å²) in [6.07, 6.45) is 6.24. The summed E-state index contributed by atoms with van der Waals surface area (Å²) in [7, 11) is 0. The monoisotopic (exact) mass is 244 g/mol. The van der Waals surface area contributed by atoms with Gasteiger partial charge >= 0.3 is 0 Å². The van der Waals surface area contributed by atoms with E-state index in [0.29, 0.717) is 0 Å². The van der Waals surface area contributed by atoms with Gasteiger partial charge in [-0.15, -0.1) is 0 Å². The zero-order valence-corrected chi connectivity index (χ0v) is 10.2. The van der Waals surface area contributed by atoms with Crippen molar-refractivity contribution >= 4 is 0 Å². The summed E-state index contributed by atoms with van der Waals surface area (Å²) in [5, 5.41) is 0. The molecule has 0 aliphatic heterocycles. The van der Waals surface area contributed by atoms with Gasteiger partial charge in [0.15, 0.2) is 0 Å². The molecular formula is C15H17FN2. The van der Waals surface area contributed by atoms with Crippen molar-refractivity contribution in [1.82, 2.24) is 4.98 Å². The van der Waals surface area contributed by atoms with Crippen LogP contribution >= 0.6 is 0 Å². The summed E-state index contributed by atoms with van der Waals surface area (Å²) in [4.78, 5) is 3.98. The smallest absolute Gasteiger partial charge is 0.123 e. The molecule has 1 aromatic heterocycles. The van der Waals surface area contributed by atoms with Crippen LogP contribution in [0.3, 0.4) is 0 Å². The molecule has 1 aromatic carbocycles. The van der Waals surface area contributed by atoms with E-state index in [1.807, 2.05) is 12.1 Å². The van der Waals surface area contributed by atoms with Crippen LogP contribution in [0.2, 0.25) is 0 Å². The summed E-state index contributed by atoms with van der Waals surface area (Å²) < 4.78 is 12.8. The molecule has 1 atom stereocenters. The highest BCUT2D eigenvalue weighted by molar-refractivity contribution is 5.17. The molecule has 2 nitrogen and oxygen atoms in total. The van der Waals surface area contributed by atoms with E-state index in [-0.39, 0.29) is 11.9 Å². The van der Waals surface area contributed by atoms with E-state index in [0.717, 1.165) is 24.8 Å². The second-order valence-corrected chi connectivity index (χ2v) is 4.48. The van der Waals surface area contributed by atoms with Crippen molar-refractivity contribution in [2.24, 2.45) is 5.73 Å². The number of benzene rings is 1. The zero-order valence-electron chi connectivity index (χ0n) is 10.2. The molecule has 0 saturated heterocycles. The molecule has 3 heteroatoms. The minimum atomic E-state index is -0.205. The number of aryl methyl sites for hydroxylation is 1. The van der Waals surface area contributed by atoms with Crippen molar-refractivity contribution in [2.45, 2.75) is 25.3 Å². The number of nitrogens with two attached hydrogens (primary N) is 1. The van der Waals surface area contributed by atoms with Crippen molar-refractivity contribution in [1.29, 1.82) is 0 Å². The topological polar surface area (TPSA) is 38.9 Å². The first kappa shape index (κ1) is 12.7. The molecule has 2 N–H and O–H groups in total. The largest absolute Gasteiger partial charge is 0.327 e. The molecule has 0 aliphatic carbocycles. The predicted molar refractivity (Wildman–Crippen MR) is 70.6 cm³/mol.